The molecule has 0 aromatic carbocycles. The Hall–Kier alpha value is -0.820. The highest BCUT2D eigenvalue weighted by molar-refractivity contribution is 7.80. The number of nitrogens with one attached hydrogen (secondary N) is 1. The molecule has 25 heavy (non-hydrogen) atoms. The smallest absolute Gasteiger partial charge is 0.388 e. The van der Waals surface area contributed by atoms with Gasteiger partial charge in [0, 0.05) is 6.54 Å². The average molecular weight is 387 g/mol. The van der Waals surface area contributed by atoms with Crippen LogP contribution in [0.1, 0.15) is 39.5 Å². The standard InChI is InChI=1S/C14H29NO9S/c1-3-5-6-9(4-2)7-15-14(20)13(19)12(18)11(17)10(16)8-24-25(21,22)23/h9-13,16-19H,3-8H2,1-2H3,(H,15,20)(H,21,22,23). The maximum atomic E-state index is 11.8. The van der Waals surface area contributed by atoms with Crippen LogP contribution in [-0.4, -0.2) is 76.9 Å². The molecule has 0 aromatic heterocycles. The van der Waals surface area contributed by atoms with Gasteiger partial charge in [0.25, 0.3) is 5.91 Å². The Labute approximate surface area is 147 Å². The van der Waals surface area contributed by atoms with Crippen LogP contribution in [0.3, 0.4) is 0 Å². The zero-order chi connectivity index (χ0) is 19.6. The number of unbranched alkanes of at least 4 members (excludes halogenated alkanes) is 1. The number of amides is 1. The summed E-state index contributed by atoms with van der Waals surface area (Å²) in [5.74, 6) is -0.712. The number of rotatable bonds is 13. The van der Waals surface area contributed by atoms with E-state index < -0.39 is 47.3 Å². The molecule has 5 unspecified atom stereocenters. The number of hydrogen-bond donors (Lipinski definition) is 6. The van der Waals surface area contributed by atoms with E-state index in [9.17, 15) is 33.6 Å². The molecule has 11 heteroatoms. The van der Waals surface area contributed by atoms with Crippen molar-refractivity contribution < 1.29 is 42.4 Å². The molecule has 0 bridgehead atoms. The number of carbonyl (C=O) groups excluding carboxylic acids is 1. The summed E-state index contributed by atoms with van der Waals surface area (Å²) in [6.07, 6.45) is -4.38. The Bertz CT molecular complexity index is 485. The van der Waals surface area contributed by atoms with Crippen LogP contribution >= 0.6 is 0 Å². The molecular formula is C14H29NO9S. The molecule has 1 amide bonds. The van der Waals surface area contributed by atoms with Gasteiger partial charge in [-0.25, -0.2) is 4.18 Å². The predicted molar refractivity (Wildman–Crippen MR) is 87.8 cm³/mol. The highest BCUT2D eigenvalue weighted by atomic mass is 32.3. The van der Waals surface area contributed by atoms with E-state index in [1.54, 1.807) is 0 Å². The first-order chi connectivity index (χ1) is 11.5. The molecule has 0 rings (SSSR count). The van der Waals surface area contributed by atoms with Crippen molar-refractivity contribution in [3.63, 3.8) is 0 Å². The topological polar surface area (TPSA) is 174 Å². The lowest BCUT2D eigenvalue weighted by molar-refractivity contribution is -0.148. The zero-order valence-corrected chi connectivity index (χ0v) is 15.2. The van der Waals surface area contributed by atoms with Gasteiger partial charge >= 0.3 is 10.4 Å². The van der Waals surface area contributed by atoms with Gasteiger partial charge in [0.15, 0.2) is 6.10 Å². The zero-order valence-electron chi connectivity index (χ0n) is 14.4. The van der Waals surface area contributed by atoms with Crippen LogP contribution in [0.4, 0.5) is 0 Å². The fourth-order valence-corrected chi connectivity index (χ4v) is 2.43. The number of aliphatic hydroxyl groups is 4. The van der Waals surface area contributed by atoms with Crippen LogP contribution in [0, 0.1) is 5.92 Å². The third-order valence-corrected chi connectivity index (χ3v) is 4.27. The summed E-state index contributed by atoms with van der Waals surface area (Å²) >= 11 is 0. The Morgan fingerprint density at radius 1 is 1.12 bits per heavy atom. The molecule has 0 saturated carbocycles. The second-order valence-electron chi connectivity index (χ2n) is 5.87. The Balaban J connectivity index is 4.49. The van der Waals surface area contributed by atoms with E-state index in [-0.39, 0.29) is 5.92 Å². The first kappa shape index (κ1) is 24.2. The van der Waals surface area contributed by atoms with E-state index in [2.05, 4.69) is 9.50 Å². The fourth-order valence-electron chi connectivity index (χ4n) is 2.12. The van der Waals surface area contributed by atoms with Crippen LogP contribution in [0.2, 0.25) is 0 Å². The highest BCUT2D eigenvalue weighted by Gasteiger charge is 2.35. The molecule has 0 fully saturated rings. The molecule has 0 aliphatic rings. The van der Waals surface area contributed by atoms with Crippen molar-refractivity contribution >= 4 is 16.3 Å². The van der Waals surface area contributed by atoms with Gasteiger partial charge in [0.05, 0.1) is 6.61 Å². The molecule has 0 heterocycles. The maximum absolute atomic E-state index is 11.8. The molecule has 0 aliphatic carbocycles. The fraction of sp³-hybridized carbons (Fsp3) is 0.929. The van der Waals surface area contributed by atoms with Gasteiger partial charge in [-0.2, -0.15) is 8.42 Å². The largest absolute Gasteiger partial charge is 0.397 e. The van der Waals surface area contributed by atoms with Crippen molar-refractivity contribution in [2.45, 2.75) is 63.9 Å². The monoisotopic (exact) mass is 387 g/mol. The molecule has 0 saturated heterocycles. The van der Waals surface area contributed by atoms with E-state index in [0.29, 0.717) is 6.54 Å². The summed E-state index contributed by atoms with van der Waals surface area (Å²) in [4.78, 5) is 11.8. The van der Waals surface area contributed by atoms with E-state index in [1.165, 1.54) is 0 Å². The molecule has 0 radical (unpaired) electrons. The molecule has 6 N–H and O–H groups in total. The normalized spacial score (nSPS) is 18.2. The van der Waals surface area contributed by atoms with E-state index in [0.717, 1.165) is 25.7 Å². The van der Waals surface area contributed by atoms with Crippen molar-refractivity contribution in [1.82, 2.24) is 5.32 Å². The minimum atomic E-state index is -4.84. The quantitative estimate of drug-likeness (QED) is 0.207. The summed E-state index contributed by atoms with van der Waals surface area (Å²) in [5.41, 5.74) is 0. The SMILES string of the molecule is CCCCC(CC)CNC(=O)C(O)C(O)C(O)C(O)COS(=O)(=O)O. The Morgan fingerprint density at radius 2 is 1.72 bits per heavy atom. The van der Waals surface area contributed by atoms with E-state index in [4.69, 9.17) is 4.55 Å². The van der Waals surface area contributed by atoms with Crippen LogP contribution in [0.15, 0.2) is 0 Å². The molecule has 150 valence electrons. The predicted octanol–water partition coefficient (Wildman–Crippen LogP) is -1.42. The highest BCUT2D eigenvalue weighted by Crippen LogP contribution is 2.12. The lowest BCUT2D eigenvalue weighted by atomic mass is 9.98. The lowest BCUT2D eigenvalue weighted by Crippen LogP contribution is -2.52. The van der Waals surface area contributed by atoms with Crippen LogP contribution in [0.25, 0.3) is 0 Å². The summed E-state index contributed by atoms with van der Waals surface area (Å²) in [6.45, 7) is 3.25. The molecule has 10 nitrogen and oxygen atoms in total. The second kappa shape index (κ2) is 11.7. The van der Waals surface area contributed by atoms with Gasteiger partial charge in [-0.3, -0.25) is 9.35 Å². The summed E-state index contributed by atoms with van der Waals surface area (Å²) in [5, 5.41) is 41.1. The third kappa shape index (κ3) is 10.0. The van der Waals surface area contributed by atoms with E-state index in [1.807, 2.05) is 13.8 Å². The van der Waals surface area contributed by atoms with Crippen molar-refractivity contribution in [1.29, 1.82) is 0 Å². The van der Waals surface area contributed by atoms with Crippen LogP contribution in [-0.2, 0) is 19.4 Å². The first-order valence-electron chi connectivity index (χ1n) is 8.15. The first-order valence-corrected chi connectivity index (χ1v) is 9.51. The summed E-state index contributed by atoms with van der Waals surface area (Å²) in [6, 6.07) is 0. The lowest BCUT2D eigenvalue weighted by Gasteiger charge is -2.26. The van der Waals surface area contributed by atoms with Crippen molar-refractivity contribution in [2.24, 2.45) is 5.92 Å². The molecule has 0 spiro atoms. The Kier molecular flexibility index (Phi) is 11.3. The molecule has 0 aromatic rings. The van der Waals surface area contributed by atoms with Gasteiger partial charge < -0.3 is 25.7 Å². The van der Waals surface area contributed by atoms with Crippen molar-refractivity contribution in [3.8, 4) is 0 Å². The van der Waals surface area contributed by atoms with Crippen LogP contribution < -0.4 is 5.32 Å². The van der Waals surface area contributed by atoms with E-state index >= 15 is 0 Å². The second-order valence-corrected chi connectivity index (χ2v) is 6.96. The summed E-state index contributed by atoms with van der Waals surface area (Å²) in [7, 11) is -4.84. The minimum absolute atomic E-state index is 0.215. The third-order valence-electron chi connectivity index (χ3n) is 3.83. The van der Waals surface area contributed by atoms with Gasteiger partial charge in [0.2, 0.25) is 0 Å². The number of carbonyl (C=O) groups is 1. The van der Waals surface area contributed by atoms with Crippen molar-refractivity contribution in [2.75, 3.05) is 13.2 Å². The molecular weight excluding hydrogens is 358 g/mol. The van der Waals surface area contributed by atoms with Gasteiger partial charge in [0.1, 0.15) is 18.3 Å². The maximum Gasteiger partial charge on any atom is 0.397 e. The van der Waals surface area contributed by atoms with Gasteiger partial charge in [-0.05, 0) is 12.3 Å². The van der Waals surface area contributed by atoms with Gasteiger partial charge in [-0.1, -0.05) is 33.1 Å². The Morgan fingerprint density at radius 3 is 2.20 bits per heavy atom. The summed E-state index contributed by atoms with van der Waals surface area (Å²) < 4.78 is 33.0. The number of hydrogen-bond acceptors (Lipinski definition) is 8. The number of aliphatic hydroxyl groups excluding tert-OH is 4. The molecule has 5 atom stereocenters. The van der Waals surface area contributed by atoms with Crippen molar-refractivity contribution in [3.05, 3.63) is 0 Å². The van der Waals surface area contributed by atoms with Gasteiger partial charge in [-0.15, -0.1) is 0 Å². The molecule has 0 aliphatic heterocycles. The van der Waals surface area contributed by atoms with Crippen LogP contribution in [0.5, 0.6) is 0 Å². The average Bonchev–Trinajstić information content (AvgIpc) is 2.56. The minimum Gasteiger partial charge on any atom is -0.388 e.